The Bertz CT molecular complexity index is 289. The largest absolute Gasteiger partial charge is 0.355 e. The van der Waals surface area contributed by atoms with Crippen molar-refractivity contribution in [1.29, 1.82) is 0 Å². The highest BCUT2D eigenvalue weighted by Gasteiger charge is 2.18. The van der Waals surface area contributed by atoms with Gasteiger partial charge in [-0.05, 0) is 57.5 Å². The van der Waals surface area contributed by atoms with E-state index in [1.165, 1.54) is 58.0 Å². The first-order chi connectivity index (χ1) is 9.78. The molecule has 0 atom stereocenters. The summed E-state index contributed by atoms with van der Waals surface area (Å²) in [7, 11) is 1.88. The van der Waals surface area contributed by atoms with Gasteiger partial charge in [-0.25, -0.2) is 0 Å². The second-order valence-corrected chi connectivity index (χ2v) is 6.50. The zero-order valence-corrected chi connectivity index (χ0v) is 13.3. The van der Waals surface area contributed by atoms with Gasteiger partial charge < -0.3 is 15.5 Å². The fourth-order valence-corrected chi connectivity index (χ4v) is 3.31. The second-order valence-electron chi connectivity index (χ2n) is 6.50. The van der Waals surface area contributed by atoms with Crippen molar-refractivity contribution < 1.29 is 0 Å². The minimum atomic E-state index is 0.618. The van der Waals surface area contributed by atoms with E-state index in [1.807, 2.05) is 7.05 Å². The quantitative estimate of drug-likeness (QED) is 0.613. The zero-order chi connectivity index (χ0) is 14.2. The van der Waals surface area contributed by atoms with Crippen LogP contribution in [-0.2, 0) is 0 Å². The molecule has 1 heterocycles. The maximum Gasteiger partial charge on any atom is 0.191 e. The van der Waals surface area contributed by atoms with Gasteiger partial charge in [0, 0.05) is 26.2 Å². The van der Waals surface area contributed by atoms with E-state index >= 15 is 0 Å². The summed E-state index contributed by atoms with van der Waals surface area (Å²) in [6, 6.07) is 0.618. The van der Waals surface area contributed by atoms with Crippen LogP contribution in [0.15, 0.2) is 4.99 Å². The van der Waals surface area contributed by atoms with Gasteiger partial charge >= 0.3 is 0 Å². The van der Waals surface area contributed by atoms with Gasteiger partial charge in [-0.2, -0.15) is 0 Å². The minimum Gasteiger partial charge on any atom is -0.355 e. The molecule has 1 saturated heterocycles. The number of nitrogens with one attached hydrogen (secondary N) is 2. The molecule has 0 bridgehead atoms. The lowest BCUT2D eigenvalue weighted by molar-refractivity contribution is 0.232. The van der Waals surface area contributed by atoms with Crippen LogP contribution in [0.4, 0.5) is 0 Å². The predicted molar refractivity (Wildman–Crippen MR) is 86.2 cm³/mol. The molecule has 116 valence electrons. The van der Waals surface area contributed by atoms with Crippen molar-refractivity contribution in [2.24, 2.45) is 10.9 Å². The van der Waals surface area contributed by atoms with Gasteiger partial charge in [0.15, 0.2) is 5.96 Å². The van der Waals surface area contributed by atoms with E-state index in [-0.39, 0.29) is 0 Å². The van der Waals surface area contributed by atoms with Gasteiger partial charge in [-0.15, -0.1) is 0 Å². The van der Waals surface area contributed by atoms with Gasteiger partial charge in [-0.1, -0.05) is 13.3 Å². The van der Waals surface area contributed by atoms with Crippen LogP contribution in [0, 0.1) is 5.92 Å². The average molecular weight is 280 g/mol. The first kappa shape index (κ1) is 15.6. The molecule has 2 rings (SSSR count). The zero-order valence-electron chi connectivity index (χ0n) is 13.3. The molecule has 2 fully saturated rings. The summed E-state index contributed by atoms with van der Waals surface area (Å²) in [5.74, 6) is 1.89. The van der Waals surface area contributed by atoms with Gasteiger partial charge in [0.25, 0.3) is 0 Å². The van der Waals surface area contributed by atoms with Crippen molar-refractivity contribution in [3.8, 4) is 0 Å². The lowest BCUT2D eigenvalue weighted by Crippen LogP contribution is -2.47. The molecule has 0 amide bonds. The van der Waals surface area contributed by atoms with Crippen LogP contribution in [-0.4, -0.2) is 50.1 Å². The highest BCUT2D eigenvalue weighted by molar-refractivity contribution is 5.79. The van der Waals surface area contributed by atoms with Crippen molar-refractivity contribution in [2.75, 3.05) is 33.2 Å². The van der Waals surface area contributed by atoms with Crippen molar-refractivity contribution in [3.05, 3.63) is 0 Å². The first-order valence-corrected chi connectivity index (χ1v) is 8.47. The van der Waals surface area contributed by atoms with Crippen LogP contribution in [0.25, 0.3) is 0 Å². The van der Waals surface area contributed by atoms with Crippen LogP contribution in [0.1, 0.15) is 51.9 Å². The van der Waals surface area contributed by atoms with Crippen molar-refractivity contribution in [3.63, 3.8) is 0 Å². The van der Waals surface area contributed by atoms with Gasteiger partial charge in [0.1, 0.15) is 0 Å². The highest BCUT2D eigenvalue weighted by Crippen LogP contribution is 2.23. The third kappa shape index (κ3) is 5.31. The van der Waals surface area contributed by atoms with Crippen molar-refractivity contribution in [1.82, 2.24) is 15.5 Å². The monoisotopic (exact) mass is 280 g/mol. The highest BCUT2D eigenvalue weighted by atomic mass is 15.2. The second kappa shape index (κ2) is 8.50. The molecule has 1 aliphatic heterocycles. The van der Waals surface area contributed by atoms with E-state index in [4.69, 9.17) is 0 Å². The molecular weight excluding hydrogens is 248 g/mol. The Morgan fingerprint density at radius 3 is 2.45 bits per heavy atom. The number of likely N-dealkylation sites (tertiary alicyclic amines) is 1. The molecule has 4 heteroatoms. The number of hydrogen-bond donors (Lipinski definition) is 2. The molecule has 0 aromatic rings. The summed E-state index contributed by atoms with van der Waals surface area (Å²) in [5.41, 5.74) is 0. The average Bonchev–Trinajstić information content (AvgIpc) is 2.49. The molecule has 0 spiro atoms. The maximum atomic E-state index is 4.36. The number of piperidine rings is 1. The fraction of sp³-hybridized carbons (Fsp3) is 0.938. The summed E-state index contributed by atoms with van der Waals surface area (Å²) in [6.07, 6.45) is 9.42. The Balaban J connectivity index is 1.62. The molecule has 0 aromatic carbocycles. The summed E-state index contributed by atoms with van der Waals surface area (Å²) in [5, 5.41) is 7.06. The summed E-state index contributed by atoms with van der Waals surface area (Å²) in [4.78, 5) is 6.92. The standard InChI is InChI=1S/C16H32N4/c1-14-6-8-15(9-7-14)19-16(17-2)18-10-13-20-11-4-3-5-12-20/h14-15H,3-13H2,1-2H3,(H2,17,18,19). The molecule has 0 unspecified atom stereocenters. The Labute approximate surface area is 124 Å². The lowest BCUT2D eigenvalue weighted by Gasteiger charge is -2.29. The van der Waals surface area contributed by atoms with Crippen LogP contribution >= 0.6 is 0 Å². The van der Waals surface area contributed by atoms with E-state index in [0.29, 0.717) is 6.04 Å². The van der Waals surface area contributed by atoms with Crippen LogP contribution in [0.5, 0.6) is 0 Å². The van der Waals surface area contributed by atoms with Crippen LogP contribution < -0.4 is 10.6 Å². The molecule has 1 aliphatic carbocycles. The molecule has 2 N–H and O–H groups in total. The normalized spacial score (nSPS) is 29.2. The number of aliphatic imine (C=N–C) groups is 1. The minimum absolute atomic E-state index is 0.618. The molecule has 0 aromatic heterocycles. The summed E-state index contributed by atoms with van der Waals surface area (Å²) < 4.78 is 0. The number of guanidine groups is 1. The third-order valence-corrected chi connectivity index (χ3v) is 4.75. The van der Waals surface area contributed by atoms with Crippen molar-refractivity contribution in [2.45, 2.75) is 57.9 Å². The topological polar surface area (TPSA) is 39.7 Å². The van der Waals surface area contributed by atoms with Gasteiger partial charge in [0.2, 0.25) is 0 Å². The first-order valence-electron chi connectivity index (χ1n) is 8.47. The van der Waals surface area contributed by atoms with E-state index in [0.717, 1.165) is 25.0 Å². The lowest BCUT2D eigenvalue weighted by atomic mass is 9.87. The summed E-state index contributed by atoms with van der Waals surface area (Å²) in [6.45, 7) is 7.05. The molecule has 4 nitrogen and oxygen atoms in total. The summed E-state index contributed by atoms with van der Waals surface area (Å²) >= 11 is 0. The maximum absolute atomic E-state index is 4.36. The van der Waals surface area contributed by atoms with Crippen molar-refractivity contribution >= 4 is 5.96 Å². The third-order valence-electron chi connectivity index (χ3n) is 4.75. The SMILES string of the molecule is CN=C(NCCN1CCCCC1)NC1CCC(C)CC1. The Morgan fingerprint density at radius 2 is 1.80 bits per heavy atom. The van der Waals surface area contributed by atoms with E-state index in [1.54, 1.807) is 0 Å². The van der Waals surface area contributed by atoms with Crippen LogP contribution in [0.3, 0.4) is 0 Å². The fourth-order valence-electron chi connectivity index (χ4n) is 3.31. The smallest absolute Gasteiger partial charge is 0.191 e. The number of hydrogen-bond acceptors (Lipinski definition) is 2. The van der Waals surface area contributed by atoms with Gasteiger partial charge in [-0.3, -0.25) is 4.99 Å². The molecule has 20 heavy (non-hydrogen) atoms. The Hall–Kier alpha value is -0.770. The van der Waals surface area contributed by atoms with E-state index in [9.17, 15) is 0 Å². The Morgan fingerprint density at radius 1 is 1.10 bits per heavy atom. The molecule has 2 aliphatic rings. The van der Waals surface area contributed by atoms with Gasteiger partial charge in [0.05, 0.1) is 0 Å². The molecular formula is C16H32N4. The number of rotatable bonds is 4. The predicted octanol–water partition coefficient (Wildman–Crippen LogP) is 2.22. The molecule has 0 radical (unpaired) electrons. The van der Waals surface area contributed by atoms with E-state index in [2.05, 4.69) is 27.4 Å². The Kier molecular flexibility index (Phi) is 6.64. The molecule has 1 saturated carbocycles. The van der Waals surface area contributed by atoms with E-state index < -0.39 is 0 Å². The number of nitrogens with zero attached hydrogens (tertiary/aromatic N) is 2. The van der Waals surface area contributed by atoms with Crippen LogP contribution in [0.2, 0.25) is 0 Å².